The summed E-state index contributed by atoms with van der Waals surface area (Å²) in [4.78, 5) is 10.4. The van der Waals surface area contributed by atoms with Crippen LogP contribution in [0.1, 0.15) is 78.1 Å². The molecule has 0 aromatic heterocycles. The first-order valence-electron chi connectivity index (χ1n) is 8.19. The standard InChI is InChI=1S/C16H33NO3/c1-3-4-5-6-7-11-15(18)13-17-14(2)10-8-9-12-16(19)20/h14-15,17-18H,3-13H2,1-2H3,(H,19,20). The summed E-state index contributed by atoms with van der Waals surface area (Å²) in [5.74, 6) is -0.718. The maximum Gasteiger partial charge on any atom is 0.303 e. The van der Waals surface area contributed by atoms with Gasteiger partial charge in [0.1, 0.15) is 0 Å². The van der Waals surface area contributed by atoms with Gasteiger partial charge in [0.05, 0.1) is 6.10 Å². The highest BCUT2D eigenvalue weighted by atomic mass is 16.4. The van der Waals surface area contributed by atoms with Crippen LogP contribution in [-0.2, 0) is 4.79 Å². The largest absolute Gasteiger partial charge is 0.481 e. The second-order valence-corrected chi connectivity index (χ2v) is 5.81. The SMILES string of the molecule is CCCCCCCC(O)CNC(C)CCCCC(=O)O. The highest BCUT2D eigenvalue weighted by Crippen LogP contribution is 2.08. The lowest BCUT2D eigenvalue weighted by Crippen LogP contribution is -2.33. The van der Waals surface area contributed by atoms with Gasteiger partial charge in [-0.05, 0) is 26.2 Å². The van der Waals surface area contributed by atoms with Gasteiger partial charge in [0.15, 0.2) is 0 Å². The average molecular weight is 287 g/mol. The first kappa shape index (κ1) is 19.4. The van der Waals surface area contributed by atoms with Crippen molar-refractivity contribution in [1.82, 2.24) is 5.32 Å². The molecule has 3 N–H and O–H groups in total. The number of hydrogen-bond donors (Lipinski definition) is 3. The summed E-state index contributed by atoms with van der Waals surface area (Å²) in [6.45, 7) is 4.94. The molecule has 0 saturated heterocycles. The minimum atomic E-state index is -0.718. The number of nitrogens with one attached hydrogen (secondary N) is 1. The molecule has 120 valence electrons. The fraction of sp³-hybridized carbons (Fsp3) is 0.938. The molecule has 4 heteroatoms. The van der Waals surface area contributed by atoms with E-state index >= 15 is 0 Å². The fourth-order valence-corrected chi connectivity index (χ4v) is 2.25. The summed E-state index contributed by atoms with van der Waals surface area (Å²) in [5.41, 5.74) is 0. The van der Waals surface area contributed by atoms with Crippen LogP contribution in [0.3, 0.4) is 0 Å². The van der Waals surface area contributed by atoms with Gasteiger partial charge in [-0.1, -0.05) is 45.4 Å². The Morgan fingerprint density at radius 2 is 1.70 bits per heavy atom. The molecular weight excluding hydrogens is 254 g/mol. The maximum atomic E-state index is 10.4. The molecule has 0 radical (unpaired) electrons. The number of rotatable bonds is 14. The van der Waals surface area contributed by atoms with E-state index in [4.69, 9.17) is 5.11 Å². The molecule has 0 amide bonds. The van der Waals surface area contributed by atoms with Crippen molar-refractivity contribution in [2.75, 3.05) is 6.54 Å². The summed E-state index contributed by atoms with van der Waals surface area (Å²) in [5, 5.41) is 21.7. The van der Waals surface area contributed by atoms with Gasteiger partial charge in [-0.2, -0.15) is 0 Å². The van der Waals surface area contributed by atoms with E-state index in [1.165, 1.54) is 25.7 Å². The molecule has 2 atom stereocenters. The lowest BCUT2D eigenvalue weighted by Gasteiger charge is -2.17. The zero-order chi connectivity index (χ0) is 15.2. The predicted molar refractivity (Wildman–Crippen MR) is 83.0 cm³/mol. The van der Waals surface area contributed by atoms with Gasteiger partial charge in [0, 0.05) is 19.0 Å². The van der Waals surface area contributed by atoms with E-state index in [0.717, 1.165) is 32.1 Å². The highest BCUT2D eigenvalue weighted by Gasteiger charge is 2.07. The average Bonchev–Trinajstić information content (AvgIpc) is 2.41. The molecule has 0 saturated carbocycles. The number of hydrogen-bond acceptors (Lipinski definition) is 3. The third kappa shape index (κ3) is 13.8. The summed E-state index contributed by atoms with van der Waals surface area (Å²) in [7, 11) is 0. The lowest BCUT2D eigenvalue weighted by atomic mass is 10.1. The summed E-state index contributed by atoms with van der Waals surface area (Å²) in [6.07, 6.45) is 9.66. The first-order valence-corrected chi connectivity index (χ1v) is 8.19. The van der Waals surface area contributed by atoms with Crippen LogP contribution in [0.2, 0.25) is 0 Å². The molecule has 0 fully saturated rings. The van der Waals surface area contributed by atoms with Crippen LogP contribution >= 0.6 is 0 Å². The van der Waals surface area contributed by atoms with Gasteiger partial charge in [0.2, 0.25) is 0 Å². The summed E-state index contributed by atoms with van der Waals surface area (Å²) >= 11 is 0. The second kappa shape index (κ2) is 13.4. The summed E-state index contributed by atoms with van der Waals surface area (Å²) in [6, 6.07) is 0.346. The summed E-state index contributed by atoms with van der Waals surface area (Å²) < 4.78 is 0. The van der Waals surface area contributed by atoms with Gasteiger partial charge in [-0.25, -0.2) is 0 Å². The smallest absolute Gasteiger partial charge is 0.303 e. The Kier molecular flexibility index (Phi) is 13.0. The molecule has 20 heavy (non-hydrogen) atoms. The van der Waals surface area contributed by atoms with Crippen LogP contribution < -0.4 is 5.32 Å². The van der Waals surface area contributed by atoms with E-state index in [-0.39, 0.29) is 12.5 Å². The van der Waals surface area contributed by atoms with Crippen molar-refractivity contribution in [3.8, 4) is 0 Å². The Bertz CT molecular complexity index is 234. The topological polar surface area (TPSA) is 69.6 Å². The maximum absolute atomic E-state index is 10.4. The molecule has 0 aliphatic heterocycles. The van der Waals surface area contributed by atoms with Crippen LogP contribution in [0.5, 0.6) is 0 Å². The van der Waals surface area contributed by atoms with Crippen LogP contribution in [0.4, 0.5) is 0 Å². The van der Waals surface area contributed by atoms with E-state index in [2.05, 4.69) is 19.2 Å². The number of carbonyl (C=O) groups is 1. The lowest BCUT2D eigenvalue weighted by molar-refractivity contribution is -0.137. The van der Waals surface area contributed by atoms with Crippen LogP contribution in [0.25, 0.3) is 0 Å². The Labute approximate surface area is 124 Å². The molecular formula is C16H33NO3. The van der Waals surface area contributed by atoms with Crippen LogP contribution in [0, 0.1) is 0 Å². The number of aliphatic carboxylic acids is 1. The van der Waals surface area contributed by atoms with Crippen molar-refractivity contribution in [3.05, 3.63) is 0 Å². The van der Waals surface area contributed by atoms with Crippen molar-refractivity contribution in [2.45, 2.75) is 90.2 Å². The van der Waals surface area contributed by atoms with Gasteiger partial charge in [-0.15, -0.1) is 0 Å². The molecule has 0 spiro atoms. The molecule has 4 nitrogen and oxygen atoms in total. The van der Waals surface area contributed by atoms with Crippen LogP contribution in [-0.4, -0.2) is 34.9 Å². The van der Waals surface area contributed by atoms with Crippen molar-refractivity contribution < 1.29 is 15.0 Å². The van der Waals surface area contributed by atoms with Gasteiger partial charge < -0.3 is 15.5 Å². The minimum Gasteiger partial charge on any atom is -0.481 e. The van der Waals surface area contributed by atoms with Gasteiger partial charge >= 0.3 is 5.97 Å². The van der Waals surface area contributed by atoms with Crippen molar-refractivity contribution in [1.29, 1.82) is 0 Å². The minimum absolute atomic E-state index is 0.252. The number of aliphatic hydroxyl groups is 1. The van der Waals surface area contributed by atoms with Gasteiger partial charge in [0.25, 0.3) is 0 Å². The Morgan fingerprint density at radius 1 is 1.05 bits per heavy atom. The molecule has 2 unspecified atom stereocenters. The molecule has 0 aromatic carbocycles. The molecule has 0 aromatic rings. The van der Waals surface area contributed by atoms with E-state index in [1.807, 2.05) is 0 Å². The highest BCUT2D eigenvalue weighted by molar-refractivity contribution is 5.66. The molecule has 0 aliphatic carbocycles. The van der Waals surface area contributed by atoms with E-state index in [0.29, 0.717) is 12.6 Å². The zero-order valence-electron chi connectivity index (χ0n) is 13.2. The zero-order valence-corrected chi connectivity index (χ0v) is 13.2. The number of carboxylic acids is 1. The van der Waals surface area contributed by atoms with Gasteiger partial charge in [-0.3, -0.25) is 4.79 Å². The fourth-order valence-electron chi connectivity index (χ4n) is 2.25. The third-order valence-electron chi connectivity index (χ3n) is 3.62. The molecule has 0 heterocycles. The molecule has 0 bridgehead atoms. The molecule has 0 rings (SSSR count). The Hall–Kier alpha value is -0.610. The van der Waals surface area contributed by atoms with Crippen molar-refractivity contribution in [2.24, 2.45) is 0 Å². The number of carboxylic acid groups (broad SMARTS) is 1. The van der Waals surface area contributed by atoms with E-state index < -0.39 is 5.97 Å². The Morgan fingerprint density at radius 3 is 2.35 bits per heavy atom. The quantitative estimate of drug-likeness (QED) is 0.429. The number of aliphatic hydroxyl groups excluding tert-OH is 1. The first-order chi connectivity index (χ1) is 9.56. The molecule has 0 aliphatic rings. The van der Waals surface area contributed by atoms with Crippen molar-refractivity contribution in [3.63, 3.8) is 0 Å². The van der Waals surface area contributed by atoms with E-state index in [1.54, 1.807) is 0 Å². The Balaban J connectivity index is 3.38. The normalized spacial score (nSPS) is 14.2. The van der Waals surface area contributed by atoms with Crippen molar-refractivity contribution >= 4 is 5.97 Å². The second-order valence-electron chi connectivity index (χ2n) is 5.81. The van der Waals surface area contributed by atoms with E-state index in [9.17, 15) is 9.90 Å². The predicted octanol–water partition coefficient (Wildman–Crippen LogP) is 3.33. The third-order valence-corrected chi connectivity index (χ3v) is 3.62. The van der Waals surface area contributed by atoms with Crippen LogP contribution in [0.15, 0.2) is 0 Å². The number of unbranched alkanes of at least 4 members (excludes halogenated alkanes) is 5. The monoisotopic (exact) mass is 287 g/mol.